The highest BCUT2D eigenvalue weighted by molar-refractivity contribution is 5.77. The van der Waals surface area contributed by atoms with Crippen LogP contribution in [0.5, 0.6) is 5.75 Å². The molecule has 0 fully saturated rings. The summed E-state index contributed by atoms with van der Waals surface area (Å²) < 4.78 is 5.49. The van der Waals surface area contributed by atoms with Gasteiger partial charge in [0.2, 0.25) is 0 Å². The number of carbonyl (C=O) groups is 1. The minimum Gasteiger partial charge on any atom is -0.478 e. The SMILES string of the molecule is Cc1cccc(-c2ccc(OC(C)(C)C(=O)O)cc2)c1CO. The van der Waals surface area contributed by atoms with E-state index in [2.05, 4.69) is 0 Å². The van der Waals surface area contributed by atoms with E-state index in [0.717, 1.165) is 22.3 Å². The zero-order valence-corrected chi connectivity index (χ0v) is 13.0. The van der Waals surface area contributed by atoms with Gasteiger partial charge in [0, 0.05) is 0 Å². The van der Waals surface area contributed by atoms with Gasteiger partial charge in [-0.3, -0.25) is 0 Å². The number of benzene rings is 2. The van der Waals surface area contributed by atoms with Crippen LogP contribution >= 0.6 is 0 Å². The Morgan fingerprint density at radius 1 is 1.14 bits per heavy atom. The molecule has 0 amide bonds. The molecule has 2 aromatic rings. The fraction of sp³-hybridized carbons (Fsp3) is 0.278. The first-order chi connectivity index (χ1) is 10.3. The van der Waals surface area contributed by atoms with Crippen LogP contribution in [0.1, 0.15) is 25.0 Å². The molecule has 4 heteroatoms. The number of carboxylic acid groups (broad SMARTS) is 1. The van der Waals surface area contributed by atoms with E-state index >= 15 is 0 Å². The summed E-state index contributed by atoms with van der Waals surface area (Å²) in [5.74, 6) is -0.521. The Labute approximate surface area is 130 Å². The van der Waals surface area contributed by atoms with Gasteiger partial charge in [0.05, 0.1) is 6.61 Å². The van der Waals surface area contributed by atoms with Crippen LogP contribution in [-0.4, -0.2) is 21.8 Å². The lowest BCUT2D eigenvalue weighted by molar-refractivity contribution is -0.152. The van der Waals surface area contributed by atoms with Crippen LogP contribution in [0.4, 0.5) is 0 Å². The van der Waals surface area contributed by atoms with Crippen LogP contribution in [0.2, 0.25) is 0 Å². The molecule has 2 aromatic carbocycles. The quantitative estimate of drug-likeness (QED) is 0.888. The summed E-state index contributed by atoms with van der Waals surface area (Å²) in [7, 11) is 0. The average molecular weight is 300 g/mol. The first-order valence-corrected chi connectivity index (χ1v) is 7.07. The normalized spacial score (nSPS) is 11.3. The molecule has 0 aliphatic heterocycles. The van der Waals surface area contributed by atoms with Gasteiger partial charge < -0.3 is 14.9 Å². The zero-order valence-electron chi connectivity index (χ0n) is 13.0. The lowest BCUT2D eigenvalue weighted by Crippen LogP contribution is -2.37. The number of ether oxygens (including phenoxy) is 1. The molecule has 4 nitrogen and oxygen atoms in total. The smallest absolute Gasteiger partial charge is 0.347 e. The number of carboxylic acids is 1. The van der Waals surface area contributed by atoms with Crippen LogP contribution in [0.25, 0.3) is 11.1 Å². The Morgan fingerprint density at radius 3 is 2.32 bits per heavy atom. The van der Waals surface area contributed by atoms with Gasteiger partial charge in [-0.2, -0.15) is 0 Å². The third-order valence-corrected chi connectivity index (χ3v) is 3.62. The van der Waals surface area contributed by atoms with E-state index in [1.165, 1.54) is 13.8 Å². The predicted molar refractivity (Wildman–Crippen MR) is 84.9 cm³/mol. The second-order valence-corrected chi connectivity index (χ2v) is 5.70. The van der Waals surface area contributed by atoms with E-state index in [9.17, 15) is 9.90 Å². The van der Waals surface area contributed by atoms with Gasteiger partial charge in [0.1, 0.15) is 5.75 Å². The van der Waals surface area contributed by atoms with Crippen molar-refractivity contribution in [2.75, 3.05) is 0 Å². The topological polar surface area (TPSA) is 66.8 Å². The number of aryl methyl sites for hydroxylation is 1. The van der Waals surface area contributed by atoms with E-state index in [0.29, 0.717) is 5.75 Å². The van der Waals surface area contributed by atoms with Gasteiger partial charge in [-0.1, -0.05) is 30.3 Å². The Bertz CT molecular complexity index is 672. The highest BCUT2D eigenvalue weighted by atomic mass is 16.5. The van der Waals surface area contributed by atoms with E-state index in [4.69, 9.17) is 9.84 Å². The van der Waals surface area contributed by atoms with Crippen molar-refractivity contribution in [2.24, 2.45) is 0 Å². The summed E-state index contributed by atoms with van der Waals surface area (Å²) in [5.41, 5.74) is 2.57. The molecular formula is C18H20O4. The standard InChI is InChI=1S/C18H20O4/c1-12-5-4-6-15(16(12)11-19)13-7-9-14(10-8-13)22-18(2,3)17(20)21/h4-10,19H,11H2,1-3H3,(H,20,21). The summed E-state index contributed by atoms with van der Waals surface area (Å²) in [6.45, 7) is 4.95. The maximum Gasteiger partial charge on any atom is 0.347 e. The highest BCUT2D eigenvalue weighted by Gasteiger charge is 2.29. The van der Waals surface area contributed by atoms with Gasteiger partial charge in [-0.05, 0) is 55.2 Å². The van der Waals surface area contributed by atoms with Crippen molar-refractivity contribution in [3.05, 3.63) is 53.6 Å². The minimum absolute atomic E-state index is 0.0215. The Balaban J connectivity index is 2.30. The van der Waals surface area contributed by atoms with Gasteiger partial charge in [0.15, 0.2) is 5.60 Å². The Hall–Kier alpha value is -2.33. The largest absolute Gasteiger partial charge is 0.478 e. The molecule has 0 spiro atoms. The molecule has 0 heterocycles. The fourth-order valence-electron chi connectivity index (χ4n) is 2.22. The Morgan fingerprint density at radius 2 is 1.77 bits per heavy atom. The van der Waals surface area contributed by atoms with Crippen molar-refractivity contribution in [1.82, 2.24) is 0 Å². The third kappa shape index (κ3) is 3.28. The molecule has 0 aliphatic rings. The second kappa shape index (κ2) is 6.20. The predicted octanol–water partition coefficient (Wildman–Crippen LogP) is 3.40. The molecule has 2 rings (SSSR count). The van der Waals surface area contributed by atoms with Crippen molar-refractivity contribution >= 4 is 5.97 Å². The number of aliphatic hydroxyl groups is 1. The van der Waals surface area contributed by atoms with Gasteiger partial charge in [0.25, 0.3) is 0 Å². The molecule has 0 unspecified atom stereocenters. The molecule has 22 heavy (non-hydrogen) atoms. The van der Waals surface area contributed by atoms with Gasteiger partial charge in [-0.15, -0.1) is 0 Å². The van der Waals surface area contributed by atoms with Crippen LogP contribution in [0, 0.1) is 6.92 Å². The van der Waals surface area contributed by atoms with E-state index in [-0.39, 0.29) is 6.61 Å². The third-order valence-electron chi connectivity index (χ3n) is 3.62. The van der Waals surface area contributed by atoms with Crippen molar-refractivity contribution < 1.29 is 19.7 Å². The van der Waals surface area contributed by atoms with Crippen LogP contribution in [0.3, 0.4) is 0 Å². The van der Waals surface area contributed by atoms with E-state index in [1.54, 1.807) is 12.1 Å². The van der Waals surface area contributed by atoms with Gasteiger partial charge >= 0.3 is 5.97 Å². The average Bonchev–Trinajstić information content (AvgIpc) is 2.47. The minimum atomic E-state index is -1.28. The number of hydrogen-bond donors (Lipinski definition) is 2. The number of rotatable bonds is 5. The maximum absolute atomic E-state index is 11.1. The molecular weight excluding hydrogens is 280 g/mol. The monoisotopic (exact) mass is 300 g/mol. The summed E-state index contributed by atoms with van der Waals surface area (Å²) >= 11 is 0. The molecule has 116 valence electrons. The van der Waals surface area contributed by atoms with Crippen molar-refractivity contribution in [3.8, 4) is 16.9 Å². The summed E-state index contributed by atoms with van der Waals surface area (Å²) in [6, 6.07) is 13.1. The molecule has 0 aliphatic carbocycles. The number of aliphatic carboxylic acids is 1. The lowest BCUT2D eigenvalue weighted by Gasteiger charge is -2.21. The van der Waals surface area contributed by atoms with Crippen molar-refractivity contribution in [3.63, 3.8) is 0 Å². The number of hydrogen-bond acceptors (Lipinski definition) is 3. The second-order valence-electron chi connectivity index (χ2n) is 5.70. The number of aliphatic hydroxyl groups excluding tert-OH is 1. The summed E-state index contributed by atoms with van der Waals surface area (Å²) in [6.07, 6.45) is 0. The fourth-order valence-corrected chi connectivity index (χ4v) is 2.22. The Kier molecular flexibility index (Phi) is 4.52. The maximum atomic E-state index is 11.1. The van der Waals surface area contributed by atoms with Gasteiger partial charge in [-0.25, -0.2) is 4.79 Å². The van der Waals surface area contributed by atoms with Crippen molar-refractivity contribution in [2.45, 2.75) is 33.0 Å². The van der Waals surface area contributed by atoms with Crippen LogP contribution in [-0.2, 0) is 11.4 Å². The zero-order chi connectivity index (χ0) is 16.3. The molecule has 0 saturated carbocycles. The molecule has 0 atom stereocenters. The highest BCUT2D eigenvalue weighted by Crippen LogP contribution is 2.29. The molecule has 0 saturated heterocycles. The van der Waals surface area contributed by atoms with E-state index < -0.39 is 11.6 Å². The first kappa shape index (κ1) is 16.0. The first-order valence-electron chi connectivity index (χ1n) is 7.07. The molecule has 0 radical (unpaired) electrons. The summed E-state index contributed by atoms with van der Waals surface area (Å²) in [5, 5.41) is 18.6. The molecule has 2 N–H and O–H groups in total. The molecule has 0 aromatic heterocycles. The van der Waals surface area contributed by atoms with Crippen LogP contribution in [0.15, 0.2) is 42.5 Å². The van der Waals surface area contributed by atoms with Crippen molar-refractivity contribution in [1.29, 1.82) is 0 Å². The summed E-state index contributed by atoms with van der Waals surface area (Å²) in [4.78, 5) is 11.1. The van der Waals surface area contributed by atoms with E-state index in [1.807, 2.05) is 37.3 Å². The molecule has 0 bridgehead atoms. The lowest BCUT2D eigenvalue weighted by atomic mass is 9.96. The van der Waals surface area contributed by atoms with Crippen LogP contribution < -0.4 is 4.74 Å².